The summed E-state index contributed by atoms with van der Waals surface area (Å²) >= 11 is 1.21. The molecule has 0 spiro atoms. The lowest BCUT2D eigenvalue weighted by Crippen LogP contribution is -2.48. The summed E-state index contributed by atoms with van der Waals surface area (Å²) in [5, 5.41) is 0.603. The SMILES string of the molecule is O=C(c1ccc(C(F)(F)F)cc1)N1CCN(c2nc3ccc(OC(F)(F)F)cc3s2)CC1. The second-order valence-electron chi connectivity index (χ2n) is 7.03. The molecule has 0 unspecified atom stereocenters. The first-order valence-electron chi connectivity index (χ1n) is 9.37. The average Bonchev–Trinajstić information content (AvgIpc) is 3.15. The van der Waals surface area contributed by atoms with Crippen molar-refractivity contribution in [2.45, 2.75) is 12.5 Å². The Bertz CT molecular complexity index is 1120. The van der Waals surface area contributed by atoms with Gasteiger partial charge < -0.3 is 14.5 Å². The van der Waals surface area contributed by atoms with E-state index in [2.05, 4.69) is 9.72 Å². The fourth-order valence-electron chi connectivity index (χ4n) is 3.31. The highest BCUT2D eigenvalue weighted by molar-refractivity contribution is 7.22. The number of nitrogens with zero attached hydrogens (tertiary/aromatic N) is 3. The molecule has 1 fully saturated rings. The molecule has 5 nitrogen and oxygen atoms in total. The van der Waals surface area contributed by atoms with Crippen molar-refractivity contribution in [2.24, 2.45) is 0 Å². The van der Waals surface area contributed by atoms with Crippen LogP contribution in [0.4, 0.5) is 31.5 Å². The van der Waals surface area contributed by atoms with Crippen LogP contribution in [0.1, 0.15) is 15.9 Å². The third-order valence-corrected chi connectivity index (χ3v) is 5.96. The summed E-state index contributed by atoms with van der Waals surface area (Å²) in [6, 6.07) is 7.98. The third kappa shape index (κ3) is 4.90. The molecule has 1 aliphatic heterocycles. The first-order chi connectivity index (χ1) is 15.0. The predicted molar refractivity (Wildman–Crippen MR) is 106 cm³/mol. The van der Waals surface area contributed by atoms with Gasteiger partial charge in [0, 0.05) is 37.8 Å². The summed E-state index contributed by atoms with van der Waals surface area (Å²) in [6.07, 6.45) is -9.25. The van der Waals surface area contributed by atoms with Crippen LogP contribution in [0.3, 0.4) is 0 Å². The molecule has 0 bridgehead atoms. The van der Waals surface area contributed by atoms with E-state index in [0.717, 1.165) is 24.3 Å². The van der Waals surface area contributed by atoms with Crippen LogP contribution in [0.2, 0.25) is 0 Å². The van der Waals surface area contributed by atoms with Gasteiger partial charge >= 0.3 is 12.5 Å². The molecular formula is C20H15F6N3O2S. The quantitative estimate of drug-likeness (QED) is 0.490. The second kappa shape index (κ2) is 8.15. The fourth-order valence-corrected chi connectivity index (χ4v) is 4.36. The highest BCUT2D eigenvalue weighted by Gasteiger charge is 2.32. The van der Waals surface area contributed by atoms with Gasteiger partial charge in [-0.15, -0.1) is 13.2 Å². The average molecular weight is 475 g/mol. The summed E-state index contributed by atoms with van der Waals surface area (Å²) in [7, 11) is 0. The van der Waals surface area contributed by atoms with E-state index in [9.17, 15) is 31.1 Å². The normalized spacial score (nSPS) is 15.3. The van der Waals surface area contributed by atoms with Crippen molar-refractivity contribution in [1.82, 2.24) is 9.88 Å². The number of carbonyl (C=O) groups excluding carboxylic acids is 1. The summed E-state index contributed by atoms with van der Waals surface area (Å²) in [6.45, 7) is 1.52. The molecule has 2 aromatic carbocycles. The number of alkyl halides is 6. The lowest BCUT2D eigenvalue weighted by molar-refractivity contribution is -0.274. The van der Waals surface area contributed by atoms with E-state index in [1.54, 1.807) is 4.90 Å². The van der Waals surface area contributed by atoms with Gasteiger partial charge in [0.1, 0.15) is 5.75 Å². The van der Waals surface area contributed by atoms with E-state index < -0.39 is 18.1 Å². The molecule has 0 aliphatic carbocycles. The number of piperazine rings is 1. The van der Waals surface area contributed by atoms with E-state index in [0.29, 0.717) is 41.5 Å². The maximum atomic E-state index is 12.7. The van der Waals surface area contributed by atoms with Crippen LogP contribution in [0, 0.1) is 0 Å². The summed E-state index contributed by atoms with van der Waals surface area (Å²) in [5.74, 6) is -0.691. The molecule has 3 aromatic rings. The summed E-state index contributed by atoms with van der Waals surface area (Å²) in [4.78, 5) is 20.5. The molecular weight excluding hydrogens is 460 g/mol. The molecule has 1 aliphatic rings. The number of amides is 1. The van der Waals surface area contributed by atoms with Crippen LogP contribution >= 0.6 is 11.3 Å². The highest BCUT2D eigenvalue weighted by atomic mass is 32.1. The Morgan fingerprint density at radius 1 is 0.938 bits per heavy atom. The van der Waals surface area contributed by atoms with Crippen LogP contribution in [0.5, 0.6) is 5.75 Å². The Balaban J connectivity index is 1.41. The van der Waals surface area contributed by atoms with E-state index in [1.165, 1.54) is 29.5 Å². The van der Waals surface area contributed by atoms with Gasteiger partial charge in [-0.1, -0.05) is 11.3 Å². The van der Waals surface area contributed by atoms with Gasteiger partial charge in [-0.3, -0.25) is 4.79 Å². The molecule has 0 N–H and O–H groups in total. The topological polar surface area (TPSA) is 45.7 Å². The number of anilines is 1. The van der Waals surface area contributed by atoms with Crippen molar-refractivity contribution in [2.75, 3.05) is 31.1 Å². The molecule has 1 aromatic heterocycles. The Morgan fingerprint density at radius 2 is 1.59 bits per heavy atom. The van der Waals surface area contributed by atoms with Crippen LogP contribution in [0.25, 0.3) is 10.2 Å². The number of hydrogen-bond donors (Lipinski definition) is 0. The Hall–Kier alpha value is -3.02. The second-order valence-corrected chi connectivity index (χ2v) is 8.04. The number of carbonyl (C=O) groups is 1. The van der Waals surface area contributed by atoms with E-state index >= 15 is 0 Å². The van der Waals surface area contributed by atoms with Crippen molar-refractivity contribution < 1.29 is 35.9 Å². The molecule has 1 saturated heterocycles. The van der Waals surface area contributed by atoms with Crippen LogP contribution < -0.4 is 9.64 Å². The van der Waals surface area contributed by atoms with Gasteiger partial charge in [-0.2, -0.15) is 13.2 Å². The van der Waals surface area contributed by atoms with Crippen LogP contribution in [-0.2, 0) is 6.18 Å². The molecule has 12 heteroatoms. The Morgan fingerprint density at radius 3 is 2.19 bits per heavy atom. The monoisotopic (exact) mass is 475 g/mol. The highest BCUT2D eigenvalue weighted by Crippen LogP contribution is 2.34. The predicted octanol–water partition coefficient (Wildman–Crippen LogP) is 5.18. The summed E-state index contributed by atoms with van der Waals surface area (Å²) < 4.78 is 79.8. The minimum absolute atomic E-state index is 0.170. The standard InChI is InChI=1S/C20H15F6N3O2S/c21-19(22,23)13-3-1-12(2-4-13)17(30)28-7-9-29(10-8-28)18-27-15-6-5-14(11-16(15)32-18)31-20(24,25)26/h1-6,11H,7-10H2. The van der Waals surface area contributed by atoms with Crippen LogP contribution in [0.15, 0.2) is 42.5 Å². The van der Waals surface area contributed by atoms with Crippen molar-refractivity contribution >= 4 is 32.6 Å². The number of rotatable bonds is 3. The van der Waals surface area contributed by atoms with Crippen molar-refractivity contribution in [3.05, 3.63) is 53.6 Å². The Kier molecular flexibility index (Phi) is 5.65. The van der Waals surface area contributed by atoms with Gasteiger partial charge in [-0.05, 0) is 36.4 Å². The maximum absolute atomic E-state index is 12.7. The zero-order valence-corrected chi connectivity index (χ0v) is 17.0. The van der Waals surface area contributed by atoms with Crippen molar-refractivity contribution in [3.8, 4) is 5.75 Å². The molecule has 0 atom stereocenters. The number of thiazole rings is 1. The number of ether oxygens (including phenoxy) is 1. The largest absolute Gasteiger partial charge is 0.573 e. The maximum Gasteiger partial charge on any atom is 0.573 e. The lowest BCUT2D eigenvalue weighted by atomic mass is 10.1. The minimum Gasteiger partial charge on any atom is -0.406 e. The molecule has 2 heterocycles. The molecule has 1 amide bonds. The zero-order valence-electron chi connectivity index (χ0n) is 16.2. The van der Waals surface area contributed by atoms with Gasteiger partial charge in [0.15, 0.2) is 5.13 Å². The minimum atomic E-state index is -4.78. The van der Waals surface area contributed by atoms with Gasteiger partial charge in [0.05, 0.1) is 15.8 Å². The summed E-state index contributed by atoms with van der Waals surface area (Å²) in [5.41, 5.74) is -0.120. The molecule has 0 radical (unpaired) electrons. The third-order valence-electron chi connectivity index (χ3n) is 4.88. The smallest absolute Gasteiger partial charge is 0.406 e. The van der Waals surface area contributed by atoms with Crippen molar-refractivity contribution in [3.63, 3.8) is 0 Å². The Labute approximate surface area is 181 Å². The number of hydrogen-bond acceptors (Lipinski definition) is 5. The fraction of sp³-hybridized carbons (Fsp3) is 0.300. The molecule has 170 valence electrons. The zero-order chi connectivity index (χ0) is 23.1. The number of benzene rings is 2. The number of aromatic nitrogens is 1. The first kappa shape index (κ1) is 22.2. The van der Waals surface area contributed by atoms with Gasteiger partial charge in [0.25, 0.3) is 5.91 Å². The van der Waals surface area contributed by atoms with Crippen LogP contribution in [-0.4, -0.2) is 48.3 Å². The number of halogens is 6. The van der Waals surface area contributed by atoms with E-state index in [1.807, 2.05) is 4.90 Å². The number of fused-ring (bicyclic) bond motifs is 1. The van der Waals surface area contributed by atoms with E-state index in [4.69, 9.17) is 0 Å². The molecule has 4 rings (SSSR count). The van der Waals surface area contributed by atoms with Gasteiger partial charge in [0.2, 0.25) is 0 Å². The van der Waals surface area contributed by atoms with E-state index in [-0.39, 0.29) is 17.2 Å². The lowest BCUT2D eigenvalue weighted by Gasteiger charge is -2.34. The first-order valence-corrected chi connectivity index (χ1v) is 10.2. The molecule has 0 saturated carbocycles. The van der Waals surface area contributed by atoms with Crippen molar-refractivity contribution in [1.29, 1.82) is 0 Å². The van der Waals surface area contributed by atoms with Gasteiger partial charge in [-0.25, -0.2) is 4.98 Å². The molecule has 32 heavy (non-hydrogen) atoms.